The predicted octanol–water partition coefficient (Wildman–Crippen LogP) is 1.80. The summed E-state index contributed by atoms with van der Waals surface area (Å²) >= 11 is 0. The van der Waals surface area contributed by atoms with Gasteiger partial charge in [-0.15, -0.1) is 0 Å². The van der Waals surface area contributed by atoms with Crippen molar-refractivity contribution in [3.05, 3.63) is 53.8 Å². The van der Waals surface area contributed by atoms with E-state index in [1.165, 1.54) is 18.2 Å². The third-order valence-corrected chi connectivity index (χ3v) is 5.48. The Hall–Kier alpha value is -2.16. The van der Waals surface area contributed by atoms with Crippen molar-refractivity contribution >= 4 is 15.7 Å². The lowest BCUT2D eigenvalue weighted by Crippen LogP contribution is -2.46. The average Bonchev–Trinajstić information content (AvgIpc) is 2.63. The fourth-order valence-corrected chi connectivity index (χ4v) is 3.57. The minimum atomic E-state index is -3.68. The van der Waals surface area contributed by atoms with Gasteiger partial charge in [0, 0.05) is 44.0 Å². The van der Waals surface area contributed by atoms with Crippen LogP contribution in [-0.2, 0) is 16.6 Å². The van der Waals surface area contributed by atoms with Gasteiger partial charge in [-0.2, -0.15) is 0 Å². The van der Waals surface area contributed by atoms with Gasteiger partial charge in [-0.25, -0.2) is 17.9 Å². The van der Waals surface area contributed by atoms with Gasteiger partial charge in [-0.1, -0.05) is 0 Å². The SMILES string of the molecule is COc1ccc(F)c(CN2CCN(c3ccc(S(N)(=O)=O)cc3)CC2)c1. The molecule has 1 heterocycles. The van der Waals surface area contributed by atoms with Crippen LogP contribution in [0.3, 0.4) is 0 Å². The maximum absolute atomic E-state index is 14.0. The van der Waals surface area contributed by atoms with E-state index in [1.54, 1.807) is 31.4 Å². The molecule has 26 heavy (non-hydrogen) atoms. The van der Waals surface area contributed by atoms with Crippen LogP contribution in [0, 0.1) is 5.82 Å². The lowest BCUT2D eigenvalue weighted by molar-refractivity contribution is 0.246. The monoisotopic (exact) mass is 379 g/mol. The molecule has 2 aromatic rings. The van der Waals surface area contributed by atoms with Crippen molar-refractivity contribution in [1.29, 1.82) is 0 Å². The van der Waals surface area contributed by atoms with Crippen LogP contribution in [0.5, 0.6) is 5.75 Å². The lowest BCUT2D eigenvalue weighted by atomic mass is 10.1. The molecule has 0 bridgehead atoms. The molecule has 0 amide bonds. The fraction of sp³-hybridized carbons (Fsp3) is 0.333. The van der Waals surface area contributed by atoms with E-state index in [9.17, 15) is 12.8 Å². The molecule has 8 heteroatoms. The van der Waals surface area contributed by atoms with Crippen LogP contribution in [-0.4, -0.2) is 46.6 Å². The number of benzene rings is 2. The Labute approximate surface area is 153 Å². The van der Waals surface area contributed by atoms with Gasteiger partial charge >= 0.3 is 0 Å². The van der Waals surface area contributed by atoms with Gasteiger partial charge in [0.15, 0.2) is 0 Å². The molecule has 1 saturated heterocycles. The molecule has 0 radical (unpaired) electrons. The Bertz CT molecular complexity index is 864. The van der Waals surface area contributed by atoms with Crippen molar-refractivity contribution in [3.8, 4) is 5.75 Å². The predicted molar refractivity (Wildman–Crippen MR) is 98.3 cm³/mol. The third-order valence-electron chi connectivity index (χ3n) is 4.55. The highest BCUT2D eigenvalue weighted by Crippen LogP contribution is 2.21. The van der Waals surface area contributed by atoms with Gasteiger partial charge in [0.2, 0.25) is 10.0 Å². The van der Waals surface area contributed by atoms with E-state index in [0.29, 0.717) is 17.9 Å². The number of nitrogens with zero attached hydrogens (tertiary/aromatic N) is 2. The molecular weight excluding hydrogens is 357 g/mol. The van der Waals surface area contributed by atoms with Crippen LogP contribution >= 0.6 is 0 Å². The summed E-state index contributed by atoms with van der Waals surface area (Å²) in [7, 11) is -2.11. The summed E-state index contributed by atoms with van der Waals surface area (Å²) in [5.41, 5.74) is 1.57. The van der Waals surface area contributed by atoms with E-state index in [4.69, 9.17) is 9.88 Å². The summed E-state index contributed by atoms with van der Waals surface area (Å²) in [5, 5.41) is 5.12. The fourth-order valence-electron chi connectivity index (χ4n) is 3.05. The molecule has 0 saturated carbocycles. The van der Waals surface area contributed by atoms with Crippen LogP contribution in [0.4, 0.5) is 10.1 Å². The summed E-state index contributed by atoms with van der Waals surface area (Å²) in [6.45, 7) is 3.66. The third kappa shape index (κ3) is 4.32. The normalized spacial score (nSPS) is 15.9. The molecule has 0 aliphatic carbocycles. The number of hydrogen-bond donors (Lipinski definition) is 1. The van der Waals surface area contributed by atoms with E-state index >= 15 is 0 Å². The zero-order valence-electron chi connectivity index (χ0n) is 14.6. The van der Waals surface area contributed by atoms with E-state index in [1.807, 2.05) is 0 Å². The highest BCUT2D eigenvalue weighted by atomic mass is 32.2. The number of ether oxygens (including phenoxy) is 1. The maximum atomic E-state index is 14.0. The van der Waals surface area contributed by atoms with Crippen molar-refractivity contribution < 1.29 is 17.5 Å². The molecule has 2 aromatic carbocycles. The lowest BCUT2D eigenvalue weighted by Gasteiger charge is -2.36. The first kappa shape index (κ1) is 18.6. The van der Waals surface area contributed by atoms with Gasteiger partial charge < -0.3 is 9.64 Å². The number of hydrogen-bond acceptors (Lipinski definition) is 5. The van der Waals surface area contributed by atoms with E-state index in [-0.39, 0.29) is 10.7 Å². The molecule has 0 spiro atoms. The van der Waals surface area contributed by atoms with Crippen molar-refractivity contribution in [2.24, 2.45) is 5.14 Å². The highest BCUT2D eigenvalue weighted by molar-refractivity contribution is 7.89. The molecule has 0 atom stereocenters. The maximum Gasteiger partial charge on any atom is 0.238 e. The van der Waals surface area contributed by atoms with Crippen LogP contribution in [0.2, 0.25) is 0 Å². The number of halogens is 1. The number of piperazine rings is 1. The van der Waals surface area contributed by atoms with E-state index in [0.717, 1.165) is 31.9 Å². The summed E-state index contributed by atoms with van der Waals surface area (Å²) in [6.07, 6.45) is 0. The Morgan fingerprint density at radius 3 is 2.31 bits per heavy atom. The smallest absolute Gasteiger partial charge is 0.238 e. The number of primary sulfonamides is 1. The molecule has 0 unspecified atom stereocenters. The van der Waals surface area contributed by atoms with Crippen LogP contribution < -0.4 is 14.8 Å². The first-order chi connectivity index (χ1) is 12.4. The van der Waals surface area contributed by atoms with E-state index in [2.05, 4.69) is 9.80 Å². The zero-order chi connectivity index (χ0) is 18.7. The molecule has 6 nitrogen and oxygen atoms in total. The molecular formula is C18H22FN3O3S. The van der Waals surface area contributed by atoms with Gasteiger partial charge in [0.25, 0.3) is 0 Å². The number of methoxy groups -OCH3 is 1. The second kappa shape index (κ2) is 7.61. The van der Waals surface area contributed by atoms with Crippen molar-refractivity contribution in [3.63, 3.8) is 0 Å². The Morgan fingerprint density at radius 2 is 1.73 bits per heavy atom. The largest absolute Gasteiger partial charge is 0.497 e. The standard InChI is InChI=1S/C18H22FN3O3S/c1-25-16-4-7-18(19)14(12-16)13-21-8-10-22(11-9-21)15-2-5-17(6-3-15)26(20,23)24/h2-7,12H,8-11,13H2,1H3,(H2,20,23,24). The minimum absolute atomic E-state index is 0.105. The highest BCUT2D eigenvalue weighted by Gasteiger charge is 2.19. The van der Waals surface area contributed by atoms with Gasteiger partial charge in [-0.05, 0) is 42.5 Å². The van der Waals surface area contributed by atoms with Gasteiger partial charge in [-0.3, -0.25) is 4.90 Å². The van der Waals surface area contributed by atoms with Gasteiger partial charge in [0.05, 0.1) is 12.0 Å². The molecule has 3 rings (SSSR count). The average molecular weight is 379 g/mol. The summed E-state index contributed by atoms with van der Waals surface area (Å²) in [5.74, 6) is 0.418. The minimum Gasteiger partial charge on any atom is -0.497 e. The zero-order valence-corrected chi connectivity index (χ0v) is 15.4. The molecule has 2 N–H and O–H groups in total. The molecule has 0 aromatic heterocycles. The number of anilines is 1. The van der Waals surface area contributed by atoms with Crippen molar-refractivity contribution in [2.75, 3.05) is 38.2 Å². The molecule has 1 fully saturated rings. The second-order valence-corrected chi connectivity index (χ2v) is 7.82. The molecule has 1 aliphatic rings. The van der Waals surface area contributed by atoms with Crippen molar-refractivity contribution in [2.45, 2.75) is 11.4 Å². The van der Waals surface area contributed by atoms with Gasteiger partial charge in [0.1, 0.15) is 11.6 Å². The first-order valence-corrected chi connectivity index (χ1v) is 9.84. The summed E-state index contributed by atoms with van der Waals surface area (Å²) in [6, 6.07) is 11.3. The van der Waals surface area contributed by atoms with Crippen LogP contribution in [0.1, 0.15) is 5.56 Å². The van der Waals surface area contributed by atoms with Crippen LogP contribution in [0.15, 0.2) is 47.4 Å². The van der Waals surface area contributed by atoms with E-state index < -0.39 is 10.0 Å². The molecule has 1 aliphatic heterocycles. The number of rotatable bonds is 5. The first-order valence-electron chi connectivity index (χ1n) is 8.29. The van der Waals surface area contributed by atoms with Crippen molar-refractivity contribution in [1.82, 2.24) is 4.90 Å². The summed E-state index contributed by atoms with van der Waals surface area (Å²) in [4.78, 5) is 4.46. The Balaban J connectivity index is 1.61. The number of nitrogens with two attached hydrogens (primary N) is 1. The van der Waals surface area contributed by atoms with Crippen LogP contribution in [0.25, 0.3) is 0 Å². The Kier molecular flexibility index (Phi) is 5.45. The topological polar surface area (TPSA) is 75.9 Å². The number of sulfonamides is 1. The Morgan fingerprint density at radius 1 is 1.08 bits per heavy atom. The molecule has 140 valence electrons. The second-order valence-electron chi connectivity index (χ2n) is 6.26. The summed E-state index contributed by atoms with van der Waals surface area (Å²) < 4.78 is 41.8. The quantitative estimate of drug-likeness (QED) is 0.857.